The number of rotatable bonds is 8. The van der Waals surface area contributed by atoms with Gasteiger partial charge in [0.1, 0.15) is 0 Å². The molecule has 1 aliphatic heterocycles. The first-order valence-electron chi connectivity index (χ1n) is 11.0. The lowest BCUT2D eigenvalue weighted by atomic mass is 9.99. The highest BCUT2D eigenvalue weighted by Crippen LogP contribution is 2.25. The zero-order valence-electron chi connectivity index (χ0n) is 18.8. The number of amides is 1. The molecule has 0 bridgehead atoms. The van der Waals surface area contributed by atoms with E-state index in [9.17, 15) is 4.79 Å². The molecule has 1 aliphatic rings. The number of nitrogens with zero attached hydrogens (tertiary/aromatic N) is 6. The largest absolute Gasteiger partial charge is 0.375 e. The average Bonchev–Trinajstić information content (AvgIpc) is 3.43. The van der Waals surface area contributed by atoms with Crippen LogP contribution in [0.15, 0.2) is 24.9 Å². The van der Waals surface area contributed by atoms with Crippen molar-refractivity contribution in [3.8, 4) is 5.95 Å². The van der Waals surface area contributed by atoms with E-state index >= 15 is 0 Å². The Morgan fingerprint density at radius 1 is 1.31 bits per heavy atom. The van der Waals surface area contributed by atoms with Crippen molar-refractivity contribution in [1.82, 2.24) is 39.9 Å². The van der Waals surface area contributed by atoms with E-state index in [4.69, 9.17) is 9.72 Å². The second kappa shape index (κ2) is 10.0. The zero-order chi connectivity index (χ0) is 22.5. The third-order valence-corrected chi connectivity index (χ3v) is 5.73. The molecule has 0 spiro atoms. The molecule has 1 unspecified atom stereocenters. The lowest BCUT2D eigenvalue weighted by molar-refractivity contribution is 0.0938. The summed E-state index contributed by atoms with van der Waals surface area (Å²) in [6.07, 6.45) is 10.2. The van der Waals surface area contributed by atoms with Crippen LogP contribution in [0.25, 0.3) is 5.95 Å². The third-order valence-electron chi connectivity index (χ3n) is 5.73. The Morgan fingerprint density at radius 2 is 2.19 bits per heavy atom. The molecule has 3 aromatic heterocycles. The molecule has 3 aromatic rings. The minimum atomic E-state index is -0.228. The van der Waals surface area contributed by atoms with Crippen LogP contribution in [0.2, 0.25) is 0 Å². The summed E-state index contributed by atoms with van der Waals surface area (Å²) in [6.45, 7) is 6.05. The van der Waals surface area contributed by atoms with E-state index in [0.29, 0.717) is 30.4 Å². The van der Waals surface area contributed by atoms with E-state index in [1.165, 1.54) is 12.8 Å². The van der Waals surface area contributed by atoms with Crippen LogP contribution in [0.1, 0.15) is 65.2 Å². The molecule has 32 heavy (non-hydrogen) atoms. The number of aryl methyl sites for hydroxylation is 2. The molecule has 0 radical (unpaired) electrons. The topological polar surface area (TPSA) is 112 Å². The number of piperidine rings is 1. The predicted molar refractivity (Wildman–Crippen MR) is 118 cm³/mol. The Bertz CT molecular complexity index is 1070. The van der Waals surface area contributed by atoms with Gasteiger partial charge in [-0.1, -0.05) is 6.42 Å². The molecule has 1 atom stereocenters. The standard InChI is InChI=1S/C22H30N8O2/c1-4-32-13-19-17(21(31)25-11-16-10-23-14-29(16)3)12-27-30(19)22-26-9-15(2)20(28-22)18-7-5-6-8-24-18/h9-10,12,14,18,24H,4-8,11,13H2,1-3H3,(H,25,31). The molecule has 1 amide bonds. The number of aromatic nitrogens is 6. The van der Waals surface area contributed by atoms with Gasteiger partial charge in [-0.05, 0) is 38.8 Å². The Labute approximate surface area is 187 Å². The second-order valence-corrected chi connectivity index (χ2v) is 7.97. The summed E-state index contributed by atoms with van der Waals surface area (Å²) in [4.78, 5) is 26.4. The minimum Gasteiger partial charge on any atom is -0.375 e. The number of carbonyl (C=O) groups excluding carboxylic acids is 1. The van der Waals surface area contributed by atoms with Crippen molar-refractivity contribution in [1.29, 1.82) is 0 Å². The normalized spacial score (nSPS) is 16.3. The molecule has 0 aliphatic carbocycles. The van der Waals surface area contributed by atoms with Gasteiger partial charge in [-0.25, -0.2) is 15.0 Å². The van der Waals surface area contributed by atoms with Crippen LogP contribution in [0.4, 0.5) is 0 Å². The van der Waals surface area contributed by atoms with Gasteiger partial charge in [0, 0.05) is 32.1 Å². The molecule has 10 heteroatoms. The highest BCUT2D eigenvalue weighted by atomic mass is 16.5. The summed E-state index contributed by atoms with van der Waals surface area (Å²) in [5.41, 5.74) is 4.00. The molecule has 0 aromatic carbocycles. The van der Waals surface area contributed by atoms with Crippen molar-refractivity contribution >= 4 is 5.91 Å². The molecular formula is C22H30N8O2. The van der Waals surface area contributed by atoms with Gasteiger partial charge >= 0.3 is 0 Å². The molecule has 170 valence electrons. The van der Waals surface area contributed by atoms with Gasteiger partial charge in [-0.15, -0.1) is 0 Å². The van der Waals surface area contributed by atoms with Crippen LogP contribution in [-0.2, 0) is 24.9 Å². The third kappa shape index (κ3) is 4.71. The molecule has 4 rings (SSSR count). The predicted octanol–water partition coefficient (Wildman–Crippen LogP) is 1.99. The smallest absolute Gasteiger partial charge is 0.255 e. The van der Waals surface area contributed by atoms with Crippen LogP contribution in [0, 0.1) is 6.92 Å². The Kier molecular flexibility index (Phi) is 6.91. The molecule has 1 fully saturated rings. The van der Waals surface area contributed by atoms with E-state index in [1.807, 2.05) is 31.7 Å². The van der Waals surface area contributed by atoms with Crippen LogP contribution in [-0.4, -0.2) is 48.4 Å². The van der Waals surface area contributed by atoms with Crippen molar-refractivity contribution < 1.29 is 9.53 Å². The average molecular weight is 439 g/mol. The van der Waals surface area contributed by atoms with Gasteiger partial charge in [0.05, 0.1) is 48.3 Å². The number of hydrogen-bond donors (Lipinski definition) is 2. The lowest BCUT2D eigenvalue weighted by Crippen LogP contribution is -2.28. The fraction of sp³-hybridized carbons (Fsp3) is 0.500. The summed E-state index contributed by atoms with van der Waals surface area (Å²) >= 11 is 0. The molecule has 2 N–H and O–H groups in total. The zero-order valence-corrected chi connectivity index (χ0v) is 18.8. The summed E-state index contributed by atoms with van der Waals surface area (Å²) in [7, 11) is 1.89. The summed E-state index contributed by atoms with van der Waals surface area (Å²) < 4.78 is 9.13. The first kappa shape index (κ1) is 22.1. The number of nitrogens with one attached hydrogen (secondary N) is 2. The Hall–Kier alpha value is -3.11. The highest BCUT2D eigenvalue weighted by Gasteiger charge is 2.23. The van der Waals surface area contributed by atoms with Crippen LogP contribution >= 0.6 is 0 Å². The maximum atomic E-state index is 12.9. The second-order valence-electron chi connectivity index (χ2n) is 7.97. The van der Waals surface area contributed by atoms with Gasteiger partial charge in [-0.2, -0.15) is 9.78 Å². The van der Waals surface area contributed by atoms with Crippen LogP contribution in [0.5, 0.6) is 0 Å². The first-order chi connectivity index (χ1) is 15.6. The van der Waals surface area contributed by atoms with Crippen molar-refractivity contribution in [3.63, 3.8) is 0 Å². The van der Waals surface area contributed by atoms with Gasteiger partial charge in [0.2, 0.25) is 0 Å². The Morgan fingerprint density at radius 3 is 2.91 bits per heavy atom. The quantitative estimate of drug-likeness (QED) is 0.553. The Balaban J connectivity index is 1.62. The monoisotopic (exact) mass is 438 g/mol. The van der Waals surface area contributed by atoms with Crippen molar-refractivity contribution in [2.45, 2.75) is 52.3 Å². The van der Waals surface area contributed by atoms with Crippen LogP contribution < -0.4 is 10.6 Å². The molecule has 4 heterocycles. The van der Waals surface area contributed by atoms with E-state index in [2.05, 4.69) is 25.7 Å². The SMILES string of the molecule is CCOCc1c(C(=O)NCc2cncn2C)cnn1-c1ncc(C)c(C2CCCCN2)n1. The molecule has 0 saturated carbocycles. The van der Waals surface area contributed by atoms with E-state index in [0.717, 1.165) is 29.9 Å². The number of carbonyl (C=O) groups is 1. The van der Waals surface area contributed by atoms with E-state index in [-0.39, 0.29) is 18.6 Å². The van der Waals surface area contributed by atoms with Crippen LogP contribution in [0.3, 0.4) is 0 Å². The van der Waals surface area contributed by atoms with E-state index < -0.39 is 0 Å². The molecule has 1 saturated heterocycles. The summed E-state index contributed by atoms with van der Waals surface area (Å²) in [5.74, 6) is 0.215. The lowest BCUT2D eigenvalue weighted by Gasteiger charge is -2.24. The van der Waals surface area contributed by atoms with Crippen molar-refractivity contribution in [3.05, 3.63) is 53.1 Å². The number of ether oxygens (including phenoxy) is 1. The first-order valence-corrected chi connectivity index (χ1v) is 11.0. The highest BCUT2D eigenvalue weighted by molar-refractivity contribution is 5.95. The van der Waals surface area contributed by atoms with Gasteiger partial charge in [-0.3, -0.25) is 4.79 Å². The number of imidazole rings is 1. The van der Waals surface area contributed by atoms with Gasteiger partial charge < -0.3 is 19.9 Å². The number of hydrogen-bond acceptors (Lipinski definition) is 7. The van der Waals surface area contributed by atoms with Crippen molar-refractivity contribution in [2.24, 2.45) is 7.05 Å². The fourth-order valence-electron chi connectivity index (χ4n) is 3.88. The maximum Gasteiger partial charge on any atom is 0.255 e. The van der Waals surface area contributed by atoms with Gasteiger partial charge in [0.15, 0.2) is 0 Å². The van der Waals surface area contributed by atoms with E-state index in [1.54, 1.807) is 23.4 Å². The minimum absolute atomic E-state index is 0.207. The maximum absolute atomic E-state index is 12.9. The summed E-state index contributed by atoms with van der Waals surface area (Å²) in [5, 5.41) is 10.9. The summed E-state index contributed by atoms with van der Waals surface area (Å²) in [6, 6.07) is 0.207. The van der Waals surface area contributed by atoms with Crippen molar-refractivity contribution in [2.75, 3.05) is 13.2 Å². The fourth-order valence-corrected chi connectivity index (χ4v) is 3.88. The molecule has 10 nitrogen and oxygen atoms in total. The molecular weight excluding hydrogens is 408 g/mol. The van der Waals surface area contributed by atoms with Gasteiger partial charge in [0.25, 0.3) is 11.9 Å².